The van der Waals surface area contributed by atoms with Gasteiger partial charge in [-0.25, -0.2) is 9.69 Å². The lowest BCUT2D eigenvalue weighted by molar-refractivity contribution is -0.123. The van der Waals surface area contributed by atoms with Gasteiger partial charge in [-0.15, -0.1) is 0 Å². The van der Waals surface area contributed by atoms with E-state index in [4.69, 9.17) is 4.74 Å². The third-order valence-electron chi connectivity index (χ3n) is 5.78. The molecule has 3 aromatic carbocycles. The van der Waals surface area contributed by atoms with E-state index in [-0.39, 0.29) is 16.7 Å². The number of carbonyl (C=O) groups is 4. The summed E-state index contributed by atoms with van der Waals surface area (Å²) in [7, 11) is 3.83. The van der Waals surface area contributed by atoms with E-state index in [1.165, 1.54) is 25.1 Å². The molecule has 0 unspecified atom stereocenters. The Morgan fingerprint density at radius 1 is 0.914 bits per heavy atom. The molecule has 0 aliphatic carbocycles. The highest BCUT2D eigenvalue weighted by molar-refractivity contribution is 6.35. The first-order chi connectivity index (χ1) is 16.7. The summed E-state index contributed by atoms with van der Waals surface area (Å²) < 4.78 is 5.32. The average Bonchev–Trinajstić information content (AvgIpc) is 3.09. The molecule has 0 saturated carbocycles. The van der Waals surface area contributed by atoms with E-state index in [1.54, 1.807) is 24.3 Å². The van der Waals surface area contributed by atoms with Crippen LogP contribution in [-0.4, -0.2) is 43.9 Å². The molecule has 0 fully saturated rings. The zero-order valence-electron chi connectivity index (χ0n) is 19.9. The number of benzene rings is 3. The quantitative estimate of drug-likeness (QED) is 0.431. The minimum absolute atomic E-state index is 0.0755. The van der Waals surface area contributed by atoms with Crippen LogP contribution in [-0.2, 0) is 9.53 Å². The van der Waals surface area contributed by atoms with Crippen LogP contribution in [0.15, 0.2) is 66.7 Å². The van der Waals surface area contributed by atoms with Crippen molar-refractivity contribution < 1.29 is 23.9 Å². The molecule has 0 radical (unpaired) electrons. The van der Waals surface area contributed by atoms with Gasteiger partial charge in [0.05, 0.1) is 22.4 Å². The van der Waals surface area contributed by atoms with Gasteiger partial charge in [0, 0.05) is 25.5 Å². The van der Waals surface area contributed by atoms with Crippen LogP contribution in [0.5, 0.6) is 0 Å². The average molecular weight is 472 g/mol. The molecule has 1 N–H and O–H groups in total. The molecular weight excluding hydrogens is 446 g/mol. The fraction of sp³-hybridized carbons (Fsp3) is 0.185. The maximum Gasteiger partial charge on any atom is 0.338 e. The number of carbonyl (C=O) groups excluding carboxylic acids is 4. The summed E-state index contributed by atoms with van der Waals surface area (Å²) in [5.41, 5.74) is 3.22. The summed E-state index contributed by atoms with van der Waals surface area (Å²) >= 11 is 0. The van der Waals surface area contributed by atoms with Crippen molar-refractivity contribution >= 4 is 40.8 Å². The Morgan fingerprint density at radius 3 is 2.23 bits per heavy atom. The first-order valence-electron chi connectivity index (χ1n) is 11.0. The maximum absolute atomic E-state index is 13.0. The highest BCUT2D eigenvalue weighted by Crippen LogP contribution is 2.31. The van der Waals surface area contributed by atoms with Gasteiger partial charge in [-0.3, -0.25) is 14.4 Å². The second-order valence-corrected chi connectivity index (χ2v) is 8.47. The van der Waals surface area contributed by atoms with Gasteiger partial charge in [0.2, 0.25) is 0 Å². The summed E-state index contributed by atoms with van der Waals surface area (Å²) in [5, 5.41) is 2.71. The van der Waals surface area contributed by atoms with E-state index < -0.39 is 29.8 Å². The first-order valence-corrected chi connectivity index (χ1v) is 11.0. The molecular formula is C27H25N3O5. The molecule has 0 saturated heterocycles. The van der Waals surface area contributed by atoms with Gasteiger partial charge in [0.15, 0.2) is 6.10 Å². The topological polar surface area (TPSA) is 96.0 Å². The van der Waals surface area contributed by atoms with Gasteiger partial charge < -0.3 is 15.0 Å². The molecule has 8 heteroatoms. The SMILES string of the molecule is Cc1ccccc1N1C(=O)c2ccc(C(=O)O[C@H](C)C(=O)Nc3ccc(N(C)C)cc3)cc2C1=O. The number of fused-ring (bicyclic) bond motifs is 1. The monoisotopic (exact) mass is 471 g/mol. The van der Waals surface area contributed by atoms with E-state index in [1.807, 2.05) is 50.2 Å². The maximum atomic E-state index is 13.0. The number of imide groups is 1. The molecule has 0 aromatic heterocycles. The molecule has 35 heavy (non-hydrogen) atoms. The largest absolute Gasteiger partial charge is 0.449 e. The predicted molar refractivity (Wildman–Crippen MR) is 133 cm³/mol. The number of nitrogens with zero attached hydrogens (tertiary/aromatic N) is 2. The van der Waals surface area contributed by atoms with Crippen molar-refractivity contribution in [3.05, 3.63) is 89.0 Å². The molecule has 1 heterocycles. The Bertz CT molecular complexity index is 1330. The fourth-order valence-corrected chi connectivity index (χ4v) is 3.77. The number of hydrogen-bond acceptors (Lipinski definition) is 6. The number of anilines is 3. The number of rotatable bonds is 6. The van der Waals surface area contributed by atoms with E-state index in [0.717, 1.165) is 16.2 Å². The van der Waals surface area contributed by atoms with E-state index in [9.17, 15) is 19.2 Å². The Balaban J connectivity index is 1.46. The van der Waals surface area contributed by atoms with Gasteiger partial charge in [0.25, 0.3) is 17.7 Å². The van der Waals surface area contributed by atoms with Crippen molar-refractivity contribution in [2.75, 3.05) is 29.2 Å². The van der Waals surface area contributed by atoms with Crippen LogP contribution >= 0.6 is 0 Å². The molecule has 1 aliphatic rings. The third-order valence-corrected chi connectivity index (χ3v) is 5.78. The summed E-state index contributed by atoms with van der Waals surface area (Å²) in [5.74, 6) is -2.23. The van der Waals surface area contributed by atoms with Crippen molar-refractivity contribution in [2.45, 2.75) is 20.0 Å². The van der Waals surface area contributed by atoms with E-state index >= 15 is 0 Å². The second-order valence-electron chi connectivity index (χ2n) is 8.47. The predicted octanol–water partition coefficient (Wildman–Crippen LogP) is 4.05. The lowest BCUT2D eigenvalue weighted by atomic mass is 10.1. The summed E-state index contributed by atoms with van der Waals surface area (Å²) in [6.45, 7) is 3.27. The molecule has 178 valence electrons. The Morgan fingerprint density at radius 2 is 1.57 bits per heavy atom. The molecule has 0 spiro atoms. The van der Waals surface area contributed by atoms with Gasteiger partial charge >= 0.3 is 5.97 Å². The number of amides is 3. The molecule has 1 atom stereocenters. The van der Waals surface area contributed by atoms with Gasteiger partial charge in [-0.05, 0) is 67.9 Å². The number of para-hydroxylation sites is 1. The van der Waals surface area contributed by atoms with Crippen LogP contribution in [0.4, 0.5) is 17.1 Å². The minimum Gasteiger partial charge on any atom is -0.449 e. The Kier molecular flexibility index (Phi) is 6.38. The molecule has 8 nitrogen and oxygen atoms in total. The zero-order valence-corrected chi connectivity index (χ0v) is 19.9. The van der Waals surface area contributed by atoms with Crippen molar-refractivity contribution in [1.82, 2.24) is 0 Å². The first kappa shape index (κ1) is 23.7. The van der Waals surface area contributed by atoms with Crippen LogP contribution in [0.3, 0.4) is 0 Å². The van der Waals surface area contributed by atoms with Crippen LogP contribution < -0.4 is 15.1 Å². The number of ether oxygens (including phenoxy) is 1. The highest BCUT2D eigenvalue weighted by Gasteiger charge is 2.38. The second kappa shape index (κ2) is 9.42. The molecule has 4 rings (SSSR count). The van der Waals surface area contributed by atoms with Crippen LogP contribution in [0.25, 0.3) is 0 Å². The molecule has 0 bridgehead atoms. The number of aryl methyl sites for hydroxylation is 1. The summed E-state index contributed by atoms with van der Waals surface area (Å²) in [6.07, 6.45) is -1.08. The van der Waals surface area contributed by atoms with Gasteiger partial charge in [0.1, 0.15) is 0 Å². The summed E-state index contributed by atoms with van der Waals surface area (Å²) in [4.78, 5) is 54.1. The number of hydrogen-bond donors (Lipinski definition) is 1. The zero-order chi connectivity index (χ0) is 25.3. The Hall–Kier alpha value is -4.46. The fourth-order valence-electron chi connectivity index (χ4n) is 3.77. The third kappa shape index (κ3) is 4.63. The van der Waals surface area contributed by atoms with Crippen molar-refractivity contribution in [2.24, 2.45) is 0 Å². The van der Waals surface area contributed by atoms with Crippen LogP contribution in [0.2, 0.25) is 0 Å². The number of nitrogens with one attached hydrogen (secondary N) is 1. The van der Waals surface area contributed by atoms with Gasteiger partial charge in [-0.2, -0.15) is 0 Å². The molecule has 3 amide bonds. The van der Waals surface area contributed by atoms with Crippen LogP contribution in [0, 0.1) is 6.92 Å². The minimum atomic E-state index is -1.08. The van der Waals surface area contributed by atoms with E-state index in [2.05, 4.69) is 5.32 Å². The molecule has 3 aromatic rings. The van der Waals surface area contributed by atoms with Gasteiger partial charge in [-0.1, -0.05) is 18.2 Å². The Labute approximate surface area is 203 Å². The summed E-state index contributed by atoms with van der Waals surface area (Å²) in [6, 6.07) is 18.5. The number of esters is 1. The molecule has 1 aliphatic heterocycles. The normalized spacial score (nSPS) is 13.3. The lowest BCUT2D eigenvalue weighted by Crippen LogP contribution is -2.30. The highest BCUT2D eigenvalue weighted by atomic mass is 16.5. The van der Waals surface area contributed by atoms with Crippen molar-refractivity contribution in [1.29, 1.82) is 0 Å². The standard InChI is InChI=1S/C27H25N3O5/c1-16-7-5-6-8-23(16)30-25(32)21-14-9-18(15-22(21)26(30)33)27(34)35-17(2)24(31)28-19-10-12-20(13-11-19)29(3)4/h5-15,17H,1-4H3,(H,28,31)/t17-/m1/s1. The van der Waals surface area contributed by atoms with E-state index in [0.29, 0.717) is 11.4 Å². The smallest absolute Gasteiger partial charge is 0.338 e. The van der Waals surface area contributed by atoms with Crippen LogP contribution in [0.1, 0.15) is 43.6 Å². The lowest BCUT2D eigenvalue weighted by Gasteiger charge is -2.16. The van der Waals surface area contributed by atoms with Crippen molar-refractivity contribution in [3.8, 4) is 0 Å². The van der Waals surface area contributed by atoms with Crippen molar-refractivity contribution in [3.63, 3.8) is 0 Å².